The zero-order valence-electron chi connectivity index (χ0n) is 13.0. The molecule has 2 aliphatic heterocycles. The number of aryl methyl sites for hydroxylation is 1. The Morgan fingerprint density at radius 2 is 2.00 bits per heavy atom. The first-order valence-electron chi connectivity index (χ1n) is 7.58. The molecule has 1 N–H and O–H groups in total. The van der Waals surface area contributed by atoms with Gasteiger partial charge in [0.15, 0.2) is 0 Å². The molecule has 0 saturated carbocycles. The first-order valence-corrected chi connectivity index (χ1v) is 9.02. The van der Waals surface area contributed by atoms with Gasteiger partial charge >= 0.3 is 0 Å². The van der Waals surface area contributed by atoms with E-state index >= 15 is 0 Å². The Kier molecular flexibility index (Phi) is 3.83. The maximum absolute atomic E-state index is 12.6. The second-order valence-corrected chi connectivity index (χ2v) is 8.65. The molecule has 0 aliphatic carbocycles. The highest BCUT2D eigenvalue weighted by Crippen LogP contribution is 2.40. The van der Waals surface area contributed by atoms with Crippen molar-refractivity contribution in [1.82, 2.24) is 14.1 Å². The third-order valence-electron chi connectivity index (χ3n) is 4.70. The average Bonchev–Trinajstić information content (AvgIpc) is 2.85. The van der Waals surface area contributed by atoms with Crippen LogP contribution >= 0.6 is 0 Å². The van der Waals surface area contributed by atoms with Crippen molar-refractivity contribution in [3.63, 3.8) is 0 Å². The van der Waals surface area contributed by atoms with Crippen LogP contribution in [-0.4, -0.2) is 58.5 Å². The van der Waals surface area contributed by atoms with Crippen LogP contribution in [0.5, 0.6) is 0 Å². The molecular weight excluding hydrogens is 306 g/mol. The molecule has 1 spiro atoms. The third kappa shape index (κ3) is 2.92. The van der Waals surface area contributed by atoms with E-state index in [2.05, 4.69) is 5.10 Å². The summed E-state index contributed by atoms with van der Waals surface area (Å²) in [6.07, 6.45) is 5.32. The fourth-order valence-electron chi connectivity index (χ4n) is 3.46. The van der Waals surface area contributed by atoms with Crippen molar-refractivity contribution >= 4 is 10.0 Å². The van der Waals surface area contributed by atoms with Crippen molar-refractivity contribution in [2.24, 2.45) is 7.05 Å². The number of aliphatic hydroxyl groups is 1. The number of aromatic nitrogens is 2. The number of sulfonamides is 1. The number of hydrogen-bond acceptors (Lipinski definition) is 5. The minimum atomic E-state index is -3.49. The van der Waals surface area contributed by atoms with E-state index in [1.54, 1.807) is 7.05 Å². The summed E-state index contributed by atoms with van der Waals surface area (Å²) in [7, 11) is -1.80. The zero-order chi connectivity index (χ0) is 16.0. The fraction of sp³-hybridized carbons (Fsp3) is 0.786. The van der Waals surface area contributed by atoms with E-state index in [1.807, 2.05) is 6.92 Å². The average molecular weight is 329 g/mol. The van der Waals surface area contributed by atoms with Gasteiger partial charge < -0.3 is 9.84 Å². The third-order valence-corrected chi connectivity index (χ3v) is 6.56. The molecule has 2 fully saturated rings. The van der Waals surface area contributed by atoms with E-state index < -0.39 is 15.6 Å². The van der Waals surface area contributed by atoms with E-state index in [4.69, 9.17) is 4.74 Å². The number of hydrogen-bond donors (Lipinski definition) is 1. The van der Waals surface area contributed by atoms with Crippen molar-refractivity contribution in [2.45, 2.75) is 48.7 Å². The van der Waals surface area contributed by atoms with Crippen LogP contribution in [0.4, 0.5) is 0 Å². The molecule has 0 amide bonds. The van der Waals surface area contributed by atoms with Crippen molar-refractivity contribution < 1.29 is 18.3 Å². The lowest BCUT2D eigenvalue weighted by Gasteiger charge is -2.47. The van der Waals surface area contributed by atoms with Crippen molar-refractivity contribution in [2.75, 3.05) is 19.7 Å². The lowest BCUT2D eigenvalue weighted by molar-refractivity contribution is -0.168. The summed E-state index contributed by atoms with van der Waals surface area (Å²) in [5.74, 6) is 0. The molecule has 2 saturated heterocycles. The van der Waals surface area contributed by atoms with Crippen LogP contribution in [-0.2, 0) is 21.8 Å². The second-order valence-electron chi connectivity index (χ2n) is 6.71. The van der Waals surface area contributed by atoms with Crippen molar-refractivity contribution in [1.29, 1.82) is 0 Å². The largest absolute Gasteiger partial charge is 0.390 e. The molecule has 3 heterocycles. The predicted octanol–water partition coefficient (Wildman–Crippen LogP) is 0.505. The van der Waals surface area contributed by atoms with Gasteiger partial charge in [-0.15, -0.1) is 0 Å². The molecule has 2 aliphatic rings. The Morgan fingerprint density at radius 3 is 2.55 bits per heavy atom. The van der Waals surface area contributed by atoms with E-state index in [9.17, 15) is 13.5 Å². The van der Waals surface area contributed by atoms with Gasteiger partial charge in [0, 0.05) is 32.8 Å². The molecule has 7 nitrogen and oxygen atoms in total. The summed E-state index contributed by atoms with van der Waals surface area (Å²) < 4.78 is 34.1. The van der Waals surface area contributed by atoms with E-state index in [0.717, 1.165) is 0 Å². The molecule has 1 atom stereocenters. The minimum absolute atomic E-state index is 0.225. The molecular formula is C14H23N3O4S. The Labute approximate surface area is 130 Å². The van der Waals surface area contributed by atoms with Crippen LogP contribution in [0.15, 0.2) is 17.3 Å². The molecule has 3 rings (SSSR count). The van der Waals surface area contributed by atoms with Crippen molar-refractivity contribution in [3.8, 4) is 0 Å². The van der Waals surface area contributed by atoms with Gasteiger partial charge in [-0.3, -0.25) is 4.68 Å². The fourth-order valence-corrected chi connectivity index (χ4v) is 4.88. The summed E-state index contributed by atoms with van der Waals surface area (Å²) in [6, 6.07) is 0. The van der Waals surface area contributed by atoms with Gasteiger partial charge in [-0.1, -0.05) is 0 Å². The Balaban J connectivity index is 1.72. The summed E-state index contributed by atoms with van der Waals surface area (Å²) in [4.78, 5) is 0.225. The normalized spacial score (nSPS) is 29.8. The Morgan fingerprint density at radius 1 is 1.32 bits per heavy atom. The highest BCUT2D eigenvalue weighted by atomic mass is 32.2. The molecule has 0 aromatic carbocycles. The molecule has 124 valence electrons. The van der Waals surface area contributed by atoms with Gasteiger partial charge in [-0.05, 0) is 26.2 Å². The van der Waals surface area contributed by atoms with Crippen LogP contribution in [0.1, 0.15) is 32.6 Å². The molecule has 1 unspecified atom stereocenters. The molecule has 22 heavy (non-hydrogen) atoms. The van der Waals surface area contributed by atoms with Gasteiger partial charge in [0.1, 0.15) is 4.90 Å². The molecule has 1 aromatic rings. The SMILES string of the molecule is Cn1cc(S(=O)(=O)N2CCC3(CC2)CC(C)(O)CCO3)cn1. The van der Waals surface area contributed by atoms with Gasteiger partial charge in [-0.25, -0.2) is 8.42 Å². The minimum Gasteiger partial charge on any atom is -0.390 e. The van der Waals surface area contributed by atoms with Crippen LogP contribution in [0.25, 0.3) is 0 Å². The van der Waals surface area contributed by atoms with Gasteiger partial charge in [0.05, 0.1) is 24.0 Å². The Bertz CT molecular complexity index is 645. The number of nitrogens with zero attached hydrogens (tertiary/aromatic N) is 3. The zero-order valence-corrected chi connectivity index (χ0v) is 13.8. The van der Waals surface area contributed by atoms with E-state index in [0.29, 0.717) is 45.4 Å². The first-order chi connectivity index (χ1) is 10.2. The molecule has 0 bridgehead atoms. The van der Waals surface area contributed by atoms with E-state index in [1.165, 1.54) is 21.4 Å². The van der Waals surface area contributed by atoms with Crippen LogP contribution in [0.2, 0.25) is 0 Å². The second kappa shape index (κ2) is 5.30. The lowest BCUT2D eigenvalue weighted by Crippen LogP contribution is -2.54. The number of ether oxygens (including phenoxy) is 1. The Hall–Kier alpha value is -0.960. The molecule has 0 radical (unpaired) electrons. The molecule has 1 aromatic heterocycles. The summed E-state index contributed by atoms with van der Waals surface area (Å²) in [6.45, 7) is 3.18. The lowest BCUT2D eigenvalue weighted by atomic mass is 9.78. The predicted molar refractivity (Wildman–Crippen MR) is 79.7 cm³/mol. The maximum Gasteiger partial charge on any atom is 0.246 e. The van der Waals surface area contributed by atoms with Crippen LogP contribution in [0.3, 0.4) is 0 Å². The summed E-state index contributed by atoms with van der Waals surface area (Å²) >= 11 is 0. The van der Waals surface area contributed by atoms with Crippen LogP contribution < -0.4 is 0 Å². The van der Waals surface area contributed by atoms with Gasteiger partial charge in [-0.2, -0.15) is 9.40 Å². The monoisotopic (exact) mass is 329 g/mol. The smallest absolute Gasteiger partial charge is 0.246 e. The summed E-state index contributed by atoms with van der Waals surface area (Å²) in [5.41, 5.74) is -1.11. The van der Waals surface area contributed by atoms with Crippen molar-refractivity contribution in [3.05, 3.63) is 12.4 Å². The topological polar surface area (TPSA) is 84.7 Å². The highest BCUT2D eigenvalue weighted by molar-refractivity contribution is 7.89. The number of piperidine rings is 1. The summed E-state index contributed by atoms with van der Waals surface area (Å²) in [5, 5.41) is 14.2. The first kappa shape index (κ1) is 15.9. The number of rotatable bonds is 2. The van der Waals surface area contributed by atoms with Crippen LogP contribution in [0, 0.1) is 0 Å². The van der Waals surface area contributed by atoms with Gasteiger partial charge in [0.25, 0.3) is 0 Å². The maximum atomic E-state index is 12.6. The quantitative estimate of drug-likeness (QED) is 0.854. The van der Waals surface area contributed by atoms with Gasteiger partial charge in [0.2, 0.25) is 10.0 Å². The van der Waals surface area contributed by atoms with E-state index in [-0.39, 0.29) is 10.5 Å². The highest BCUT2D eigenvalue weighted by Gasteiger charge is 2.46. The molecule has 8 heteroatoms. The standard InChI is InChI=1S/C14H23N3O4S/c1-13(18)5-8-21-14(11-13)3-6-17(7-4-14)22(19,20)12-9-15-16(2)10-12/h9-10,18H,3-8,11H2,1-2H3.